The number of anilines is 1. The predicted octanol–water partition coefficient (Wildman–Crippen LogP) is 1.22. The highest BCUT2D eigenvalue weighted by atomic mass is 16.3. The van der Waals surface area contributed by atoms with Gasteiger partial charge >= 0.3 is 0 Å². The summed E-state index contributed by atoms with van der Waals surface area (Å²) < 4.78 is 0. The number of aliphatic hydroxyl groups is 1. The Morgan fingerprint density at radius 2 is 1.77 bits per heavy atom. The highest BCUT2D eigenvalue weighted by Gasteiger charge is 2.42. The van der Waals surface area contributed by atoms with Crippen molar-refractivity contribution in [1.82, 2.24) is 14.8 Å². The number of piperidine rings is 2. The van der Waals surface area contributed by atoms with E-state index in [0.29, 0.717) is 12.1 Å². The molecule has 9 nitrogen and oxygen atoms in total. The van der Waals surface area contributed by atoms with Crippen molar-refractivity contribution in [3.05, 3.63) is 23.9 Å². The number of rotatable bonds is 2. The zero-order valence-electron chi connectivity index (χ0n) is 18.1. The second-order valence-corrected chi connectivity index (χ2v) is 8.75. The summed E-state index contributed by atoms with van der Waals surface area (Å²) in [4.78, 5) is 43.1. The smallest absolute Gasteiger partial charge is 0.290 e. The lowest BCUT2D eigenvalue weighted by Crippen LogP contribution is -2.55. The van der Waals surface area contributed by atoms with Crippen LogP contribution in [0.3, 0.4) is 0 Å². The highest BCUT2D eigenvalue weighted by Crippen LogP contribution is 2.40. The first-order chi connectivity index (χ1) is 14.9. The maximum absolute atomic E-state index is 12.5. The summed E-state index contributed by atoms with van der Waals surface area (Å²) in [5.41, 5.74) is 0.664. The molecule has 1 unspecified atom stereocenters. The predicted molar refractivity (Wildman–Crippen MR) is 115 cm³/mol. The number of likely N-dealkylation sites (tertiary alicyclic amines) is 2. The van der Waals surface area contributed by atoms with Crippen molar-refractivity contribution in [1.29, 1.82) is 0 Å². The molecule has 2 amide bonds. The molecule has 4 rings (SSSR count). The Bertz CT molecular complexity index is 771. The molecule has 0 radical (unpaired) electrons. The van der Waals surface area contributed by atoms with Crippen molar-refractivity contribution in [3.63, 3.8) is 0 Å². The molecule has 31 heavy (non-hydrogen) atoms. The Morgan fingerprint density at radius 3 is 2.32 bits per heavy atom. The second kappa shape index (κ2) is 10.1. The number of hydrogen-bond acceptors (Lipinski definition) is 6. The van der Waals surface area contributed by atoms with E-state index in [1.165, 1.54) is 0 Å². The first-order valence-corrected chi connectivity index (χ1v) is 10.9. The van der Waals surface area contributed by atoms with Crippen LogP contribution in [0.5, 0.6) is 0 Å². The third-order valence-electron chi connectivity index (χ3n) is 6.61. The molecule has 1 spiro atoms. The lowest BCUT2D eigenvalue weighted by Gasteiger charge is -2.49. The van der Waals surface area contributed by atoms with E-state index in [2.05, 4.69) is 9.88 Å². The SMILES string of the molecule is CC(=O)N1CC(O)CC2(CCN(c3ccc(C(=O)N4CCCC4)cn3)CC2)C1.O=CO. The van der Waals surface area contributed by atoms with E-state index in [4.69, 9.17) is 9.90 Å². The summed E-state index contributed by atoms with van der Waals surface area (Å²) >= 11 is 0. The first-order valence-electron chi connectivity index (χ1n) is 10.9. The number of pyridine rings is 1. The van der Waals surface area contributed by atoms with Gasteiger partial charge in [0.05, 0.1) is 11.7 Å². The van der Waals surface area contributed by atoms with E-state index >= 15 is 0 Å². The summed E-state index contributed by atoms with van der Waals surface area (Å²) in [5.74, 6) is 1.02. The summed E-state index contributed by atoms with van der Waals surface area (Å²) in [5, 5.41) is 17.1. The molecule has 0 bridgehead atoms. The number of carbonyl (C=O) groups excluding carboxylic acids is 2. The van der Waals surface area contributed by atoms with E-state index in [1.54, 1.807) is 18.0 Å². The average Bonchev–Trinajstić information content (AvgIpc) is 3.29. The third kappa shape index (κ3) is 5.52. The summed E-state index contributed by atoms with van der Waals surface area (Å²) in [6.45, 7) is 5.92. The van der Waals surface area contributed by atoms with Gasteiger partial charge < -0.3 is 24.9 Å². The van der Waals surface area contributed by atoms with Crippen LogP contribution >= 0.6 is 0 Å². The van der Waals surface area contributed by atoms with E-state index in [0.717, 1.165) is 70.6 Å². The van der Waals surface area contributed by atoms with Crippen LogP contribution in [0.25, 0.3) is 0 Å². The molecule has 0 aliphatic carbocycles. The van der Waals surface area contributed by atoms with Gasteiger partial charge in [-0.2, -0.15) is 0 Å². The highest BCUT2D eigenvalue weighted by molar-refractivity contribution is 5.94. The molecule has 0 aromatic carbocycles. The fraction of sp³-hybridized carbons (Fsp3) is 0.636. The van der Waals surface area contributed by atoms with E-state index in [9.17, 15) is 14.7 Å². The minimum Gasteiger partial charge on any atom is -0.483 e. The molecular formula is C22H32N4O5. The summed E-state index contributed by atoms with van der Waals surface area (Å²) in [6.07, 6.45) is 6.07. The van der Waals surface area contributed by atoms with Gasteiger partial charge in [-0.3, -0.25) is 14.4 Å². The first kappa shape index (κ1) is 23.0. The Hall–Kier alpha value is -2.68. The number of nitrogens with zero attached hydrogens (tertiary/aromatic N) is 4. The molecule has 9 heteroatoms. The fourth-order valence-corrected chi connectivity index (χ4v) is 4.97. The topological polar surface area (TPSA) is 114 Å². The molecule has 0 saturated carbocycles. The van der Waals surface area contributed by atoms with E-state index in [-0.39, 0.29) is 23.7 Å². The molecule has 1 atom stereocenters. The Morgan fingerprint density at radius 1 is 1.13 bits per heavy atom. The summed E-state index contributed by atoms with van der Waals surface area (Å²) in [6, 6.07) is 3.83. The molecule has 3 aliphatic heterocycles. The number of aromatic nitrogens is 1. The maximum atomic E-state index is 12.5. The molecule has 170 valence electrons. The van der Waals surface area contributed by atoms with Crippen LogP contribution in [-0.4, -0.2) is 88.7 Å². The van der Waals surface area contributed by atoms with Gasteiger partial charge in [0.15, 0.2) is 0 Å². The second-order valence-electron chi connectivity index (χ2n) is 8.75. The summed E-state index contributed by atoms with van der Waals surface area (Å²) in [7, 11) is 0. The van der Waals surface area contributed by atoms with Crippen LogP contribution in [0, 0.1) is 5.41 Å². The van der Waals surface area contributed by atoms with Crippen molar-refractivity contribution >= 4 is 24.1 Å². The number of carbonyl (C=O) groups is 3. The Balaban J connectivity index is 0.000000858. The lowest BCUT2D eigenvalue weighted by molar-refractivity contribution is -0.137. The zero-order chi connectivity index (χ0) is 22.4. The van der Waals surface area contributed by atoms with Crippen molar-refractivity contribution in [2.24, 2.45) is 5.41 Å². The molecular weight excluding hydrogens is 400 g/mol. The largest absolute Gasteiger partial charge is 0.483 e. The van der Waals surface area contributed by atoms with Crippen LogP contribution in [0.4, 0.5) is 5.82 Å². The van der Waals surface area contributed by atoms with Crippen LogP contribution in [0.15, 0.2) is 18.3 Å². The van der Waals surface area contributed by atoms with Crippen LogP contribution in [0.1, 0.15) is 49.4 Å². The maximum Gasteiger partial charge on any atom is 0.290 e. The number of amides is 2. The average molecular weight is 433 g/mol. The molecule has 3 saturated heterocycles. The molecule has 2 N–H and O–H groups in total. The zero-order valence-corrected chi connectivity index (χ0v) is 18.1. The minimum absolute atomic E-state index is 0.00545. The van der Waals surface area contributed by atoms with Crippen LogP contribution in [-0.2, 0) is 9.59 Å². The van der Waals surface area contributed by atoms with Gasteiger partial charge in [-0.05, 0) is 49.7 Å². The van der Waals surface area contributed by atoms with Crippen molar-refractivity contribution in [2.45, 2.75) is 45.1 Å². The Labute approximate surface area is 182 Å². The number of carboxylic acid groups (broad SMARTS) is 1. The Kier molecular flexibility index (Phi) is 7.48. The number of aliphatic hydroxyl groups excluding tert-OH is 1. The van der Waals surface area contributed by atoms with Crippen LogP contribution < -0.4 is 4.90 Å². The van der Waals surface area contributed by atoms with Crippen molar-refractivity contribution < 1.29 is 24.6 Å². The molecule has 3 fully saturated rings. The van der Waals surface area contributed by atoms with Gasteiger partial charge in [0.25, 0.3) is 12.4 Å². The monoisotopic (exact) mass is 432 g/mol. The van der Waals surface area contributed by atoms with E-state index < -0.39 is 6.10 Å². The quantitative estimate of drug-likeness (QED) is 0.675. The van der Waals surface area contributed by atoms with Gasteiger partial charge in [0.1, 0.15) is 5.82 Å². The van der Waals surface area contributed by atoms with Gasteiger partial charge in [-0.1, -0.05) is 0 Å². The van der Waals surface area contributed by atoms with Crippen molar-refractivity contribution in [2.75, 3.05) is 44.2 Å². The standard InChI is InChI=1S/C21H30N4O3.CH2O2/c1-16(26)25-14-18(27)12-21(15-25)6-10-23(11-7-21)19-5-4-17(13-22-19)20(28)24-8-2-3-9-24;2-1-3/h4-5,13,18,27H,2-3,6-12,14-15H2,1H3;1H,(H,2,3). The fourth-order valence-electron chi connectivity index (χ4n) is 4.97. The minimum atomic E-state index is -0.432. The van der Waals surface area contributed by atoms with Gasteiger partial charge in [-0.15, -0.1) is 0 Å². The normalized spacial score (nSPS) is 22.6. The molecule has 3 aliphatic rings. The van der Waals surface area contributed by atoms with Crippen molar-refractivity contribution in [3.8, 4) is 0 Å². The van der Waals surface area contributed by atoms with E-state index in [1.807, 2.05) is 17.0 Å². The van der Waals surface area contributed by atoms with Gasteiger partial charge in [-0.25, -0.2) is 4.98 Å². The molecule has 1 aromatic rings. The van der Waals surface area contributed by atoms with Crippen LogP contribution in [0.2, 0.25) is 0 Å². The van der Waals surface area contributed by atoms with Gasteiger partial charge in [0.2, 0.25) is 5.91 Å². The lowest BCUT2D eigenvalue weighted by atomic mass is 9.71. The number of hydrogen-bond donors (Lipinski definition) is 2. The third-order valence-corrected chi connectivity index (χ3v) is 6.61. The van der Waals surface area contributed by atoms with Gasteiger partial charge in [0, 0.05) is 52.4 Å². The molecule has 4 heterocycles. The molecule has 1 aromatic heterocycles. The number of β-amino-alcohol motifs (C(OH)–C–C–N with tert-alkyl or cyclic N) is 1.